The lowest BCUT2D eigenvalue weighted by atomic mass is 10.0. The van der Waals surface area contributed by atoms with Crippen LogP contribution in [0.3, 0.4) is 0 Å². The average Bonchev–Trinajstić information content (AvgIpc) is 2.91. The van der Waals surface area contributed by atoms with E-state index < -0.39 is 81.9 Å². The Morgan fingerprint density at radius 2 is 1.67 bits per heavy atom. The molecule has 0 saturated heterocycles. The van der Waals surface area contributed by atoms with Crippen LogP contribution in [0.25, 0.3) is 0 Å². The molecule has 13 nitrogen and oxygen atoms in total. The molecular weight excluding hydrogens is 715 g/mol. The van der Waals surface area contributed by atoms with Crippen molar-refractivity contribution in [2.24, 2.45) is 10.7 Å². The number of hydrogen-bond acceptors (Lipinski definition) is 9. The minimum atomic E-state index is -5.83. The molecule has 0 radical (unpaired) electrons. The first-order valence-electron chi connectivity index (χ1n) is 12.0. The minimum Gasteiger partial charge on any atom is -0.748 e. The molecule has 0 saturated carbocycles. The number of anilines is 1. The summed E-state index contributed by atoms with van der Waals surface area (Å²) in [7, 11) is 1.17. The number of amides is 2. The molecule has 2 amide bonds. The largest absolute Gasteiger partial charge is 0.748 e. The minimum absolute atomic E-state index is 0.0712. The molecule has 0 unspecified atom stereocenters. The van der Waals surface area contributed by atoms with Crippen LogP contribution in [0, 0.1) is 5.21 Å². The highest BCUT2D eigenvalue weighted by atomic mass is 127. The van der Waals surface area contributed by atoms with Gasteiger partial charge in [0.2, 0.25) is 6.10 Å². The summed E-state index contributed by atoms with van der Waals surface area (Å²) in [6.07, 6.45) is -17.3. The number of Topliss-reactive ketones (excluding diaryl/α,β-unsaturated/α-hetero) is 1. The molecule has 0 fully saturated rings. The smallest absolute Gasteiger partial charge is 0.423 e. The van der Waals surface area contributed by atoms with Gasteiger partial charge in [0.1, 0.15) is 18.8 Å². The average molecular weight is 744 g/mol. The maximum atomic E-state index is 12.8. The van der Waals surface area contributed by atoms with E-state index in [4.69, 9.17) is 15.2 Å². The Bertz CT molecular complexity index is 1120. The SMILES string of the molecule is COC(C)(C)C(=O)N[C@@H](CCCN=C(N)NC(=O)OCc1ccc(N([O-])I=O)cc1)C(=O)COC(C(F)(F)F)C(F)(F)F. The van der Waals surface area contributed by atoms with Crippen LogP contribution >= 0.6 is 21.5 Å². The zero-order valence-electron chi connectivity index (χ0n) is 22.9. The number of benzene rings is 1. The summed E-state index contributed by atoms with van der Waals surface area (Å²) >= 11 is -1.93. The molecule has 244 valence electrons. The van der Waals surface area contributed by atoms with Gasteiger partial charge >= 0.3 is 18.4 Å². The summed E-state index contributed by atoms with van der Waals surface area (Å²) in [6.45, 7) is 0.592. The maximum Gasteiger partial charge on any atom is 0.423 e. The van der Waals surface area contributed by atoms with Crippen LogP contribution in [0.4, 0.5) is 36.8 Å². The van der Waals surface area contributed by atoms with Crippen LogP contribution in [0.1, 0.15) is 32.3 Å². The Hall–Kier alpha value is -3.11. The van der Waals surface area contributed by atoms with Gasteiger partial charge in [-0.1, -0.05) is 12.1 Å². The fourth-order valence-electron chi connectivity index (χ4n) is 2.95. The van der Waals surface area contributed by atoms with Gasteiger partial charge < -0.3 is 33.7 Å². The number of guanidine groups is 1. The van der Waals surface area contributed by atoms with Gasteiger partial charge in [0, 0.05) is 19.3 Å². The summed E-state index contributed by atoms with van der Waals surface area (Å²) in [5.41, 5.74) is 4.75. The summed E-state index contributed by atoms with van der Waals surface area (Å²) in [6, 6.07) is 4.11. The highest BCUT2D eigenvalue weighted by Crippen LogP contribution is 2.35. The molecule has 20 heteroatoms. The Morgan fingerprint density at radius 1 is 1.09 bits per heavy atom. The molecule has 43 heavy (non-hydrogen) atoms. The van der Waals surface area contributed by atoms with Gasteiger partial charge in [0.15, 0.2) is 11.7 Å². The van der Waals surface area contributed by atoms with Gasteiger partial charge in [-0.25, -0.2) is 7.86 Å². The lowest BCUT2D eigenvalue weighted by Gasteiger charge is -2.27. The van der Waals surface area contributed by atoms with Gasteiger partial charge in [-0.15, -0.1) is 0 Å². The van der Waals surface area contributed by atoms with Crippen molar-refractivity contribution in [2.45, 2.75) is 63.4 Å². The summed E-state index contributed by atoms with van der Waals surface area (Å²) in [4.78, 5) is 40.7. The molecule has 0 aliphatic carbocycles. The van der Waals surface area contributed by atoms with Crippen molar-refractivity contribution < 1.29 is 58.0 Å². The Morgan fingerprint density at radius 3 is 2.19 bits per heavy atom. The van der Waals surface area contributed by atoms with Crippen LogP contribution in [0.5, 0.6) is 0 Å². The maximum absolute atomic E-state index is 12.8. The molecule has 0 aliphatic rings. The summed E-state index contributed by atoms with van der Waals surface area (Å²) in [5, 5.41) is 15.6. The number of alkyl halides is 6. The van der Waals surface area contributed by atoms with E-state index in [1.165, 1.54) is 45.2 Å². The monoisotopic (exact) mass is 744 g/mol. The second-order valence-corrected chi connectivity index (χ2v) is 10.3. The van der Waals surface area contributed by atoms with Crippen molar-refractivity contribution in [1.29, 1.82) is 0 Å². The number of hydrogen-bond donors (Lipinski definition) is 3. The highest BCUT2D eigenvalue weighted by Gasteiger charge is 2.58. The van der Waals surface area contributed by atoms with Crippen LogP contribution in [0.2, 0.25) is 0 Å². The predicted octanol–water partition coefficient (Wildman–Crippen LogP) is 3.53. The van der Waals surface area contributed by atoms with Crippen LogP contribution in [-0.4, -0.2) is 74.1 Å². The molecular formula is C23H29F6IN5O8-. The van der Waals surface area contributed by atoms with Gasteiger partial charge in [-0.05, 0) is 44.4 Å². The van der Waals surface area contributed by atoms with Crippen molar-refractivity contribution in [3.63, 3.8) is 0 Å². The Labute approximate surface area is 252 Å². The van der Waals surface area contributed by atoms with E-state index in [9.17, 15) is 49.0 Å². The number of ketones is 1. The third-order valence-electron chi connectivity index (χ3n) is 5.47. The number of carbonyl (C=O) groups excluding carboxylic acids is 3. The Balaban J connectivity index is 2.74. The number of halogens is 7. The predicted molar refractivity (Wildman–Crippen MR) is 146 cm³/mol. The van der Waals surface area contributed by atoms with Crippen molar-refractivity contribution in [2.75, 3.05) is 23.5 Å². The first-order chi connectivity index (χ1) is 19.8. The lowest BCUT2D eigenvalue weighted by Crippen LogP contribution is -2.52. The fourth-order valence-corrected chi connectivity index (χ4v) is 3.50. The molecule has 0 aromatic heterocycles. The molecule has 0 bridgehead atoms. The first kappa shape index (κ1) is 37.9. The van der Waals surface area contributed by atoms with Crippen molar-refractivity contribution in [3.05, 3.63) is 35.0 Å². The topological polar surface area (TPSA) is 185 Å². The number of carbonyl (C=O) groups is 3. The van der Waals surface area contributed by atoms with Gasteiger partial charge in [-0.2, -0.15) is 26.3 Å². The second kappa shape index (κ2) is 16.7. The number of alkyl carbamates (subject to hydrolysis) is 1. The van der Waals surface area contributed by atoms with E-state index in [0.29, 0.717) is 8.84 Å². The van der Waals surface area contributed by atoms with Gasteiger partial charge in [-0.3, -0.25) is 19.9 Å². The number of ether oxygens (including phenoxy) is 3. The zero-order chi connectivity index (χ0) is 33.0. The summed E-state index contributed by atoms with van der Waals surface area (Å²) in [5.74, 6) is -2.57. The summed E-state index contributed by atoms with van der Waals surface area (Å²) < 4.78 is 101. The number of aliphatic imine (C=N–C) groups is 1. The molecule has 0 aliphatic heterocycles. The zero-order valence-corrected chi connectivity index (χ0v) is 25.0. The van der Waals surface area contributed by atoms with Crippen molar-refractivity contribution in [1.82, 2.24) is 10.6 Å². The number of nitrogens with zero attached hydrogens (tertiary/aromatic N) is 2. The van der Waals surface area contributed by atoms with E-state index in [-0.39, 0.29) is 31.7 Å². The number of nitrogens with two attached hydrogens (primary N) is 1. The molecule has 1 atom stereocenters. The fraction of sp³-hybridized carbons (Fsp3) is 0.565. The molecule has 1 aromatic rings. The Kier molecular flexibility index (Phi) is 14.7. The van der Waals surface area contributed by atoms with Crippen LogP contribution < -0.4 is 19.6 Å². The number of nitrogens with one attached hydrogen (secondary N) is 2. The van der Waals surface area contributed by atoms with E-state index in [0.717, 1.165) is 0 Å². The molecule has 1 aromatic carbocycles. The standard InChI is InChI=1S/C23H29F6IN5O8/c1-21(2,41-3)18(37)33-15(16(36)12-42-17(22(24,25)26)23(27,28)29)5-4-10-32-19(31)34-20(38)43-11-13-6-8-14(9-7-13)35(40)30-39/h6-9,15,17H,4-5,10-12H2,1-3H3,(H,33,37)(H3,31,32,34,38)/q-1/t15-/m0/s1. The van der Waals surface area contributed by atoms with Crippen LogP contribution in [-0.2, 0) is 33.5 Å². The molecule has 0 heterocycles. The first-order valence-corrected chi connectivity index (χ1v) is 13.9. The quantitative estimate of drug-likeness (QED) is 0.0457. The third-order valence-corrected chi connectivity index (χ3v) is 6.39. The normalized spacial score (nSPS) is 13.4. The van der Waals surface area contributed by atoms with E-state index in [2.05, 4.69) is 20.4 Å². The molecule has 4 N–H and O–H groups in total. The van der Waals surface area contributed by atoms with E-state index in [1.54, 1.807) is 0 Å². The molecule has 0 spiro atoms. The molecule has 1 rings (SSSR count). The third kappa shape index (κ3) is 13.4. The number of rotatable bonds is 15. The van der Waals surface area contributed by atoms with Crippen molar-refractivity contribution in [3.8, 4) is 0 Å². The van der Waals surface area contributed by atoms with Gasteiger partial charge in [0.05, 0.1) is 6.04 Å². The van der Waals surface area contributed by atoms with E-state index >= 15 is 0 Å². The number of methoxy groups -OCH3 is 1. The van der Waals surface area contributed by atoms with Gasteiger partial charge in [0.25, 0.3) is 27.4 Å². The lowest BCUT2D eigenvalue weighted by molar-refractivity contribution is -0.319. The van der Waals surface area contributed by atoms with Crippen molar-refractivity contribution >= 4 is 50.9 Å². The van der Waals surface area contributed by atoms with E-state index in [1.807, 2.05) is 0 Å². The highest BCUT2D eigenvalue weighted by molar-refractivity contribution is 14.1. The second-order valence-electron chi connectivity index (χ2n) is 9.07. The van der Waals surface area contributed by atoms with Crippen LogP contribution in [0.15, 0.2) is 29.3 Å².